The fraction of sp³-hybridized carbons (Fsp3) is 0.538. The summed E-state index contributed by atoms with van der Waals surface area (Å²) in [6.07, 6.45) is 1.24. The summed E-state index contributed by atoms with van der Waals surface area (Å²) in [6.45, 7) is 4.29. The van der Waals surface area contributed by atoms with Crippen LogP contribution in [0.4, 0.5) is 0 Å². The zero-order valence-corrected chi connectivity index (χ0v) is 13.3. The van der Waals surface area contributed by atoms with Gasteiger partial charge in [-0.3, -0.25) is 0 Å². The molecule has 0 amide bonds. The summed E-state index contributed by atoms with van der Waals surface area (Å²) in [6, 6.07) is 5.53. The molecule has 0 aliphatic rings. The second-order valence-electron chi connectivity index (χ2n) is 4.77. The van der Waals surface area contributed by atoms with Gasteiger partial charge in [0.1, 0.15) is 0 Å². The summed E-state index contributed by atoms with van der Waals surface area (Å²) >= 11 is 6.85. The van der Waals surface area contributed by atoms with Crippen molar-refractivity contribution in [2.45, 2.75) is 38.8 Å². The van der Waals surface area contributed by atoms with Crippen molar-refractivity contribution in [3.63, 3.8) is 0 Å². The van der Waals surface area contributed by atoms with Crippen molar-refractivity contribution < 1.29 is 5.11 Å². The van der Waals surface area contributed by atoms with Crippen molar-refractivity contribution in [3.05, 3.63) is 32.7 Å². The molecule has 1 rings (SSSR count). The van der Waals surface area contributed by atoms with Gasteiger partial charge in [0.15, 0.2) is 0 Å². The van der Waals surface area contributed by atoms with Crippen LogP contribution >= 0.6 is 31.9 Å². The fourth-order valence-corrected chi connectivity index (χ4v) is 3.00. The number of aliphatic hydroxyl groups excluding tert-OH is 1. The molecular formula is C13H19Br2NO. The standard InChI is InChI=1S/C13H19Br2NO/c1-8(2)3-4-12(17)13(16)9-5-10(14)7-11(15)6-9/h5-8,12-13,17H,3-4,16H2,1-2H3/t12-,13+/m1/s1. The summed E-state index contributed by atoms with van der Waals surface area (Å²) in [4.78, 5) is 0. The van der Waals surface area contributed by atoms with Crippen LogP contribution in [-0.2, 0) is 0 Å². The van der Waals surface area contributed by atoms with Gasteiger partial charge in [0, 0.05) is 8.95 Å². The highest BCUT2D eigenvalue weighted by Gasteiger charge is 2.17. The van der Waals surface area contributed by atoms with Crippen molar-refractivity contribution >= 4 is 31.9 Å². The molecule has 96 valence electrons. The number of aliphatic hydroxyl groups is 1. The van der Waals surface area contributed by atoms with Crippen LogP contribution in [-0.4, -0.2) is 11.2 Å². The van der Waals surface area contributed by atoms with Gasteiger partial charge in [0.2, 0.25) is 0 Å². The van der Waals surface area contributed by atoms with Crippen molar-refractivity contribution in [3.8, 4) is 0 Å². The molecule has 1 aromatic carbocycles. The number of hydrogen-bond donors (Lipinski definition) is 2. The van der Waals surface area contributed by atoms with Gasteiger partial charge in [-0.25, -0.2) is 0 Å². The molecular weight excluding hydrogens is 346 g/mol. The van der Waals surface area contributed by atoms with Gasteiger partial charge in [0.05, 0.1) is 12.1 Å². The van der Waals surface area contributed by atoms with Crippen LogP contribution in [0.25, 0.3) is 0 Å². The topological polar surface area (TPSA) is 46.2 Å². The van der Waals surface area contributed by atoms with E-state index in [1.807, 2.05) is 18.2 Å². The first kappa shape index (κ1) is 15.2. The lowest BCUT2D eigenvalue weighted by molar-refractivity contribution is 0.128. The Balaban J connectivity index is 2.70. The van der Waals surface area contributed by atoms with Gasteiger partial charge in [-0.15, -0.1) is 0 Å². The Labute approximate surface area is 120 Å². The lowest BCUT2D eigenvalue weighted by atomic mass is 9.96. The van der Waals surface area contributed by atoms with E-state index in [-0.39, 0.29) is 6.04 Å². The van der Waals surface area contributed by atoms with E-state index in [2.05, 4.69) is 45.7 Å². The molecule has 3 N–H and O–H groups in total. The van der Waals surface area contributed by atoms with Crippen LogP contribution in [0.5, 0.6) is 0 Å². The number of halogens is 2. The smallest absolute Gasteiger partial charge is 0.0732 e. The number of rotatable bonds is 5. The number of nitrogens with two attached hydrogens (primary N) is 1. The SMILES string of the molecule is CC(C)CC[C@@H](O)[C@@H](N)c1cc(Br)cc(Br)c1. The molecule has 0 spiro atoms. The van der Waals surface area contributed by atoms with Gasteiger partial charge < -0.3 is 10.8 Å². The molecule has 1 aromatic rings. The molecule has 0 fully saturated rings. The van der Waals surface area contributed by atoms with Crippen LogP contribution in [0.1, 0.15) is 38.3 Å². The van der Waals surface area contributed by atoms with E-state index in [9.17, 15) is 5.11 Å². The minimum atomic E-state index is -0.487. The first-order valence-corrected chi connectivity index (χ1v) is 7.38. The average Bonchev–Trinajstić information content (AvgIpc) is 2.23. The summed E-state index contributed by atoms with van der Waals surface area (Å²) < 4.78 is 1.93. The van der Waals surface area contributed by atoms with E-state index in [1.165, 1.54) is 0 Å². The zero-order chi connectivity index (χ0) is 13.0. The Bertz CT molecular complexity index is 348. The lowest BCUT2D eigenvalue weighted by Gasteiger charge is -2.20. The third-order valence-electron chi connectivity index (χ3n) is 2.72. The number of hydrogen-bond acceptors (Lipinski definition) is 2. The van der Waals surface area contributed by atoms with Gasteiger partial charge in [-0.2, -0.15) is 0 Å². The molecule has 2 nitrogen and oxygen atoms in total. The molecule has 4 heteroatoms. The predicted octanol–water partition coefficient (Wildman–Crippen LogP) is 4.01. The maximum Gasteiger partial charge on any atom is 0.0732 e. The van der Waals surface area contributed by atoms with Crippen molar-refractivity contribution in [2.75, 3.05) is 0 Å². The van der Waals surface area contributed by atoms with Crippen LogP contribution < -0.4 is 5.73 Å². The molecule has 0 unspecified atom stereocenters. The maximum atomic E-state index is 10.0. The first-order chi connectivity index (χ1) is 7.90. The first-order valence-electron chi connectivity index (χ1n) is 5.79. The highest BCUT2D eigenvalue weighted by Crippen LogP contribution is 2.26. The van der Waals surface area contributed by atoms with Crippen LogP contribution in [0.15, 0.2) is 27.1 Å². The summed E-state index contributed by atoms with van der Waals surface area (Å²) in [5.41, 5.74) is 7.02. The van der Waals surface area contributed by atoms with Gasteiger partial charge in [-0.1, -0.05) is 45.7 Å². The highest BCUT2D eigenvalue weighted by atomic mass is 79.9. The largest absolute Gasteiger partial charge is 0.391 e. The van der Waals surface area contributed by atoms with E-state index >= 15 is 0 Å². The van der Waals surface area contributed by atoms with Crippen LogP contribution in [0, 0.1) is 5.92 Å². The molecule has 0 radical (unpaired) electrons. The third-order valence-corrected chi connectivity index (χ3v) is 3.64. The second-order valence-corrected chi connectivity index (χ2v) is 6.60. The summed E-state index contributed by atoms with van der Waals surface area (Å²) in [5.74, 6) is 0.589. The molecule has 17 heavy (non-hydrogen) atoms. The van der Waals surface area contributed by atoms with Crippen LogP contribution in [0.3, 0.4) is 0 Å². The molecule has 2 atom stereocenters. The molecule has 0 heterocycles. The van der Waals surface area contributed by atoms with Crippen molar-refractivity contribution in [1.29, 1.82) is 0 Å². The Morgan fingerprint density at radius 1 is 1.12 bits per heavy atom. The van der Waals surface area contributed by atoms with E-state index in [0.717, 1.165) is 27.4 Å². The van der Waals surface area contributed by atoms with Crippen molar-refractivity contribution in [1.82, 2.24) is 0 Å². The normalized spacial score (nSPS) is 15.0. The lowest BCUT2D eigenvalue weighted by Crippen LogP contribution is -2.26. The van der Waals surface area contributed by atoms with Crippen LogP contribution in [0.2, 0.25) is 0 Å². The average molecular weight is 365 g/mol. The fourth-order valence-electron chi connectivity index (χ4n) is 1.67. The van der Waals surface area contributed by atoms with Gasteiger partial charge in [0.25, 0.3) is 0 Å². The Morgan fingerprint density at radius 2 is 1.65 bits per heavy atom. The van der Waals surface area contributed by atoms with Gasteiger partial charge >= 0.3 is 0 Å². The minimum Gasteiger partial charge on any atom is -0.391 e. The summed E-state index contributed by atoms with van der Waals surface area (Å²) in [7, 11) is 0. The van der Waals surface area contributed by atoms with E-state index in [0.29, 0.717) is 5.92 Å². The van der Waals surface area contributed by atoms with Crippen molar-refractivity contribution in [2.24, 2.45) is 11.7 Å². The van der Waals surface area contributed by atoms with E-state index in [1.54, 1.807) is 0 Å². The second kappa shape index (κ2) is 6.88. The Hall–Kier alpha value is 0.1000. The minimum absolute atomic E-state index is 0.331. The molecule has 0 saturated heterocycles. The van der Waals surface area contributed by atoms with E-state index < -0.39 is 6.10 Å². The maximum absolute atomic E-state index is 10.0. The highest BCUT2D eigenvalue weighted by molar-refractivity contribution is 9.11. The molecule has 0 bridgehead atoms. The third kappa shape index (κ3) is 5.08. The Kier molecular flexibility index (Phi) is 6.13. The quantitative estimate of drug-likeness (QED) is 0.829. The molecule has 0 aliphatic carbocycles. The monoisotopic (exact) mass is 363 g/mol. The summed E-state index contributed by atoms with van der Waals surface area (Å²) in [5, 5.41) is 10.0. The van der Waals surface area contributed by atoms with E-state index in [4.69, 9.17) is 5.73 Å². The molecule has 0 saturated carbocycles. The zero-order valence-electron chi connectivity index (χ0n) is 10.2. The number of benzene rings is 1. The predicted molar refractivity (Wildman–Crippen MR) is 78.8 cm³/mol. The Morgan fingerprint density at radius 3 is 2.12 bits per heavy atom. The van der Waals surface area contributed by atoms with Gasteiger partial charge in [-0.05, 0) is 42.5 Å². The molecule has 0 aromatic heterocycles. The molecule has 0 aliphatic heterocycles.